The number of nitrogens with zero attached hydrogens (tertiary/aromatic N) is 4. The maximum Gasteiger partial charge on any atom is 0.326 e. The lowest BCUT2D eigenvalue weighted by molar-refractivity contribution is -0.233. The van der Waals surface area contributed by atoms with E-state index in [9.17, 15) is 38.7 Å². The van der Waals surface area contributed by atoms with Crippen LogP contribution in [0, 0.1) is 0 Å². The normalized spacial score (nSPS) is 15.4. The van der Waals surface area contributed by atoms with Crippen molar-refractivity contribution in [3.05, 3.63) is 64.2 Å². The zero-order valence-corrected chi connectivity index (χ0v) is 30.2. The number of nitrogen functional groups attached to an aromatic ring is 1. The average Bonchev–Trinajstić information content (AvgIpc) is 3.77. The number of aliphatic carboxylic acids is 1. The van der Waals surface area contributed by atoms with E-state index in [0.29, 0.717) is 43.7 Å². The third-order valence-corrected chi connectivity index (χ3v) is 9.23. The van der Waals surface area contributed by atoms with Gasteiger partial charge in [-0.15, -0.1) is 0 Å². The molecule has 0 bridgehead atoms. The molecule has 1 fully saturated rings. The van der Waals surface area contributed by atoms with E-state index in [1.54, 1.807) is 12.1 Å². The first-order valence-corrected chi connectivity index (χ1v) is 18.2. The van der Waals surface area contributed by atoms with Crippen molar-refractivity contribution in [2.45, 2.75) is 89.0 Å². The maximum absolute atomic E-state index is 12.9. The molecule has 6 N–H and O–H groups in total. The highest BCUT2D eigenvalue weighted by Gasteiger charge is 2.36. The smallest absolute Gasteiger partial charge is 0.326 e. The lowest BCUT2D eigenvalue weighted by Crippen LogP contribution is -2.41. The van der Waals surface area contributed by atoms with E-state index >= 15 is 0 Å². The van der Waals surface area contributed by atoms with Crippen LogP contribution in [0.5, 0.6) is 0 Å². The summed E-state index contributed by atoms with van der Waals surface area (Å²) in [6.45, 7) is 0.846. The van der Waals surface area contributed by atoms with Crippen LogP contribution in [0.2, 0.25) is 0 Å². The molecule has 18 nitrogen and oxygen atoms in total. The average molecular weight is 761 g/mol. The third kappa shape index (κ3) is 11.6. The van der Waals surface area contributed by atoms with Crippen LogP contribution < -0.4 is 21.9 Å². The van der Waals surface area contributed by atoms with Gasteiger partial charge in [-0.25, -0.2) is 14.8 Å². The van der Waals surface area contributed by atoms with Crippen LogP contribution in [0.1, 0.15) is 86.7 Å². The predicted molar refractivity (Wildman–Crippen MR) is 196 cm³/mol. The molecule has 1 aliphatic heterocycles. The van der Waals surface area contributed by atoms with E-state index in [2.05, 4.69) is 30.6 Å². The molecule has 3 heterocycles. The Labute approximate surface area is 315 Å². The summed E-state index contributed by atoms with van der Waals surface area (Å²) in [6, 6.07) is 5.04. The maximum atomic E-state index is 12.9. The number of H-pyrrole nitrogens is 1. The highest BCUT2D eigenvalue weighted by Crippen LogP contribution is 2.35. The molecule has 0 radical (unpaired) electrons. The Morgan fingerprint density at radius 2 is 1.55 bits per heavy atom. The summed E-state index contributed by atoms with van der Waals surface area (Å²) in [5.74, 6) is -3.75. The number of carbonyl (C=O) groups excluding carboxylic acids is 5. The Hall–Kier alpha value is -5.88. The van der Waals surface area contributed by atoms with Crippen molar-refractivity contribution in [1.82, 2.24) is 30.2 Å². The number of benzene rings is 1. The summed E-state index contributed by atoms with van der Waals surface area (Å²) in [5, 5.41) is 15.3. The SMILES string of the molecule is Nc1nc2ncc(CNc3ccc(C(=O)N[C@@H](CCC(=O)CCCOC4(OCCCC(=O)CCN5C(=O)C=CC5=O)CCCC4)C(=O)O)cc3)nc2c(=O)[nH]1. The summed E-state index contributed by atoms with van der Waals surface area (Å²) in [7, 11) is 0. The summed E-state index contributed by atoms with van der Waals surface area (Å²) < 4.78 is 12.2. The number of aromatic nitrogens is 4. The van der Waals surface area contributed by atoms with Gasteiger partial charge in [0.25, 0.3) is 23.3 Å². The number of nitrogens with two attached hydrogens (primary N) is 1. The number of hydrogen-bond donors (Lipinski definition) is 5. The molecule has 1 aromatic carbocycles. The van der Waals surface area contributed by atoms with Gasteiger partial charge < -0.3 is 30.9 Å². The molecule has 0 saturated heterocycles. The quantitative estimate of drug-likeness (QED) is 0.0558. The fourth-order valence-corrected chi connectivity index (χ4v) is 6.23. The van der Waals surface area contributed by atoms with E-state index in [0.717, 1.165) is 17.7 Å². The van der Waals surface area contributed by atoms with E-state index in [1.165, 1.54) is 30.5 Å². The van der Waals surface area contributed by atoms with Gasteiger partial charge in [0.1, 0.15) is 17.6 Å². The minimum Gasteiger partial charge on any atom is -0.480 e. The molecule has 3 aromatic rings. The van der Waals surface area contributed by atoms with E-state index < -0.39 is 41.1 Å². The van der Waals surface area contributed by atoms with Crippen molar-refractivity contribution in [1.29, 1.82) is 0 Å². The van der Waals surface area contributed by atoms with Gasteiger partial charge in [0.2, 0.25) is 5.95 Å². The monoisotopic (exact) mass is 760 g/mol. The number of carboxylic acids is 1. The van der Waals surface area contributed by atoms with Crippen LogP contribution in [0.25, 0.3) is 11.2 Å². The van der Waals surface area contributed by atoms with Crippen LogP contribution in [-0.4, -0.2) is 96.8 Å². The topological polar surface area (TPSA) is 266 Å². The number of aromatic amines is 1. The number of rotatable bonds is 22. The van der Waals surface area contributed by atoms with Gasteiger partial charge in [-0.3, -0.25) is 38.7 Å². The summed E-state index contributed by atoms with van der Waals surface area (Å²) in [5.41, 5.74) is 6.52. The lowest BCUT2D eigenvalue weighted by Gasteiger charge is -2.29. The van der Waals surface area contributed by atoms with Gasteiger partial charge >= 0.3 is 5.97 Å². The number of imide groups is 1. The van der Waals surface area contributed by atoms with E-state index in [1.807, 2.05) is 0 Å². The van der Waals surface area contributed by atoms with Gasteiger partial charge in [-0.1, -0.05) is 0 Å². The van der Waals surface area contributed by atoms with Crippen LogP contribution in [0.3, 0.4) is 0 Å². The Morgan fingerprint density at radius 3 is 2.18 bits per heavy atom. The standard InChI is InChI=1S/C37H44N8O10/c38-36-43-32-31(34(51)44-36)41-25(22-40-32)21-39-24-9-7-23(8-10-24)33(50)42-28(35(52)53)12-11-26(46)5-3-19-54-37(16-1-2-17-37)55-20-4-6-27(47)15-18-45-29(48)13-14-30(45)49/h7-10,13-14,22,28,39H,1-6,11-12,15-21H2,(H,42,50)(H,52,53)(H3,38,40,43,44,51)/t28-/m0/s1. The molecule has 292 valence electrons. The van der Waals surface area contributed by atoms with Crippen molar-refractivity contribution in [2.24, 2.45) is 0 Å². The molecule has 1 aliphatic carbocycles. The largest absolute Gasteiger partial charge is 0.480 e. The van der Waals surface area contributed by atoms with E-state index in [-0.39, 0.29) is 86.0 Å². The molecular formula is C37H44N8O10. The molecule has 5 rings (SSSR count). The molecule has 0 unspecified atom stereocenters. The molecule has 1 saturated carbocycles. The van der Waals surface area contributed by atoms with Crippen LogP contribution in [0.4, 0.5) is 11.6 Å². The lowest BCUT2D eigenvalue weighted by atomic mass is 10.1. The summed E-state index contributed by atoms with van der Waals surface area (Å²) in [6.07, 6.45) is 8.34. The number of ether oxygens (including phenoxy) is 2. The third-order valence-electron chi connectivity index (χ3n) is 9.23. The molecular weight excluding hydrogens is 716 g/mol. The Kier molecular flexibility index (Phi) is 13.9. The second-order valence-corrected chi connectivity index (χ2v) is 13.3. The van der Waals surface area contributed by atoms with Gasteiger partial charge in [0.05, 0.1) is 31.6 Å². The number of ketones is 2. The minimum absolute atomic E-state index is 0.0423. The zero-order valence-electron chi connectivity index (χ0n) is 30.2. The van der Waals surface area contributed by atoms with Crippen LogP contribution in [0.15, 0.2) is 47.4 Å². The number of fused-ring (bicyclic) bond motifs is 1. The van der Waals surface area contributed by atoms with Gasteiger partial charge in [-0.05, 0) is 56.4 Å². The molecule has 2 aromatic heterocycles. The Balaban J connectivity index is 0.977. The molecule has 1 atom stereocenters. The second kappa shape index (κ2) is 18.9. The highest BCUT2D eigenvalue weighted by atomic mass is 16.7. The van der Waals surface area contributed by atoms with Gasteiger partial charge in [0.15, 0.2) is 17.0 Å². The van der Waals surface area contributed by atoms with E-state index in [4.69, 9.17) is 15.2 Å². The predicted octanol–water partition coefficient (Wildman–Crippen LogP) is 2.19. The Morgan fingerprint density at radius 1 is 0.909 bits per heavy atom. The fourth-order valence-electron chi connectivity index (χ4n) is 6.23. The van der Waals surface area contributed by atoms with Gasteiger partial charge in [0, 0.05) is 68.5 Å². The fraction of sp³-hybridized carbons (Fsp3) is 0.459. The van der Waals surface area contributed by atoms with Crippen molar-refractivity contribution in [3.8, 4) is 0 Å². The number of anilines is 2. The number of nitrogens with one attached hydrogen (secondary N) is 3. The molecule has 55 heavy (non-hydrogen) atoms. The van der Waals surface area contributed by atoms with Crippen molar-refractivity contribution in [3.63, 3.8) is 0 Å². The van der Waals surface area contributed by atoms with Crippen molar-refractivity contribution in [2.75, 3.05) is 30.8 Å². The number of carboxylic acid groups (broad SMARTS) is 1. The van der Waals surface area contributed by atoms with Crippen molar-refractivity contribution >= 4 is 58.1 Å². The second-order valence-electron chi connectivity index (χ2n) is 13.3. The molecule has 3 amide bonds. The zero-order chi connectivity index (χ0) is 39.4. The van der Waals surface area contributed by atoms with Gasteiger partial charge in [-0.2, -0.15) is 4.98 Å². The molecule has 2 aliphatic rings. The molecule has 0 spiro atoms. The highest BCUT2D eigenvalue weighted by molar-refractivity contribution is 6.13. The number of carbonyl (C=O) groups is 6. The summed E-state index contributed by atoms with van der Waals surface area (Å²) in [4.78, 5) is 101. The minimum atomic E-state index is -1.27. The summed E-state index contributed by atoms with van der Waals surface area (Å²) >= 11 is 0. The Bertz CT molecular complexity index is 1970. The number of Topliss-reactive ketones (excluding diaryl/α,β-unsaturated/α-hetero) is 2. The van der Waals surface area contributed by atoms with Crippen molar-refractivity contribution < 1.29 is 43.3 Å². The van der Waals surface area contributed by atoms with Crippen LogP contribution >= 0.6 is 0 Å². The first-order valence-electron chi connectivity index (χ1n) is 18.2. The first kappa shape index (κ1) is 40.3. The molecule has 18 heteroatoms. The number of amides is 3. The first-order chi connectivity index (χ1) is 26.4. The number of hydrogen-bond acceptors (Lipinski definition) is 14. The van der Waals surface area contributed by atoms with Crippen LogP contribution in [-0.2, 0) is 40.0 Å².